The zero-order chi connectivity index (χ0) is 14.5. The maximum absolute atomic E-state index is 11.5. The fourth-order valence-electron chi connectivity index (χ4n) is 2.37. The van der Waals surface area contributed by atoms with E-state index >= 15 is 0 Å². The largest absolute Gasteiger partial charge is 0.466 e. The molecule has 0 radical (unpaired) electrons. The average Bonchev–Trinajstić information content (AvgIpc) is 2.76. The van der Waals surface area contributed by atoms with Gasteiger partial charge in [-0.15, -0.1) is 11.6 Å². The Hall–Kier alpha value is -1.55. The van der Waals surface area contributed by atoms with Gasteiger partial charge in [-0.1, -0.05) is 12.1 Å². The number of nitrogens with zero attached hydrogens (tertiary/aromatic N) is 2. The van der Waals surface area contributed by atoms with E-state index in [0.717, 1.165) is 22.4 Å². The van der Waals surface area contributed by atoms with Crippen LogP contribution < -0.4 is 0 Å². The van der Waals surface area contributed by atoms with Crippen molar-refractivity contribution in [3.8, 4) is 0 Å². The summed E-state index contributed by atoms with van der Waals surface area (Å²) in [5.41, 5.74) is 3.19. The van der Waals surface area contributed by atoms with E-state index in [9.17, 15) is 4.79 Å². The molecule has 0 spiro atoms. The summed E-state index contributed by atoms with van der Waals surface area (Å²) < 4.78 is 7.07. The van der Waals surface area contributed by atoms with E-state index in [4.69, 9.17) is 16.3 Å². The Kier molecular flexibility index (Phi) is 5.01. The molecule has 108 valence electrons. The van der Waals surface area contributed by atoms with E-state index in [0.29, 0.717) is 31.9 Å². The minimum Gasteiger partial charge on any atom is -0.466 e. The van der Waals surface area contributed by atoms with Gasteiger partial charge in [0.05, 0.1) is 24.1 Å². The predicted octanol–water partition coefficient (Wildman–Crippen LogP) is 3.08. The number of carbonyl (C=O) groups is 1. The van der Waals surface area contributed by atoms with Gasteiger partial charge >= 0.3 is 5.97 Å². The van der Waals surface area contributed by atoms with Crippen LogP contribution in [0.5, 0.6) is 0 Å². The molecule has 4 nitrogen and oxygen atoms in total. The van der Waals surface area contributed by atoms with Crippen LogP contribution in [0.3, 0.4) is 0 Å². The van der Waals surface area contributed by atoms with Crippen molar-refractivity contribution in [2.75, 3.05) is 12.5 Å². The number of hydrogen-bond donors (Lipinski definition) is 0. The number of aryl methyl sites for hydroxylation is 3. The predicted molar refractivity (Wildman–Crippen MR) is 80.1 cm³/mol. The van der Waals surface area contributed by atoms with Gasteiger partial charge in [-0.2, -0.15) is 0 Å². The van der Waals surface area contributed by atoms with Gasteiger partial charge < -0.3 is 9.30 Å². The van der Waals surface area contributed by atoms with E-state index in [-0.39, 0.29) is 5.97 Å². The number of imidazole rings is 1. The fourth-order valence-corrected chi connectivity index (χ4v) is 2.53. The summed E-state index contributed by atoms with van der Waals surface area (Å²) in [5, 5.41) is 0. The summed E-state index contributed by atoms with van der Waals surface area (Å²) in [7, 11) is 0. The molecule has 0 saturated heterocycles. The molecule has 0 unspecified atom stereocenters. The van der Waals surface area contributed by atoms with Gasteiger partial charge in [0.15, 0.2) is 0 Å². The third-order valence-corrected chi connectivity index (χ3v) is 3.40. The summed E-state index contributed by atoms with van der Waals surface area (Å²) in [6.45, 7) is 4.85. The zero-order valence-electron chi connectivity index (χ0n) is 11.9. The van der Waals surface area contributed by atoms with Crippen LogP contribution >= 0.6 is 11.6 Å². The van der Waals surface area contributed by atoms with Crippen molar-refractivity contribution in [3.63, 3.8) is 0 Å². The van der Waals surface area contributed by atoms with Crippen molar-refractivity contribution in [2.24, 2.45) is 0 Å². The number of carbonyl (C=O) groups excluding carboxylic acids is 1. The van der Waals surface area contributed by atoms with Crippen LogP contribution in [0, 0.1) is 6.92 Å². The van der Waals surface area contributed by atoms with E-state index < -0.39 is 0 Å². The highest BCUT2D eigenvalue weighted by Crippen LogP contribution is 2.21. The molecule has 0 bridgehead atoms. The van der Waals surface area contributed by atoms with Crippen molar-refractivity contribution in [2.45, 2.75) is 33.2 Å². The second-order valence-electron chi connectivity index (χ2n) is 4.62. The molecule has 0 aliphatic heterocycles. The van der Waals surface area contributed by atoms with E-state index in [1.54, 1.807) is 0 Å². The quantitative estimate of drug-likeness (QED) is 0.607. The Bertz CT molecular complexity index is 607. The molecule has 2 rings (SSSR count). The maximum Gasteiger partial charge on any atom is 0.307 e. The lowest BCUT2D eigenvalue weighted by Gasteiger charge is -2.09. The monoisotopic (exact) mass is 294 g/mol. The molecule has 0 saturated carbocycles. The van der Waals surface area contributed by atoms with Gasteiger partial charge in [0, 0.05) is 18.8 Å². The Morgan fingerprint density at radius 1 is 1.45 bits per heavy atom. The minimum absolute atomic E-state index is 0.181. The first kappa shape index (κ1) is 14.9. The zero-order valence-corrected chi connectivity index (χ0v) is 12.6. The van der Waals surface area contributed by atoms with Gasteiger partial charge in [0.2, 0.25) is 0 Å². The van der Waals surface area contributed by atoms with Gasteiger partial charge in [0.1, 0.15) is 5.82 Å². The minimum atomic E-state index is -0.181. The molecule has 0 aliphatic rings. The van der Waals surface area contributed by atoms with Gasteiger partial charge in [-0.3, -0.25) is 4.79 Å². The summed E-state index contributed by atoms with van der Waals surface area (Å²) >= 11 is 5.84. The molecule has 0 N–H and O–H groups in total. The lowest BCUT2D eigenvalue weighted by molar-refractivity contribution is -0.143. The van der Waals surface area contributed by atoms with Gasteiger partial charge in [-0.25, -0.2) is 4.98 Å². The third-order valence-electron chi connectivity index (χ3n) is 3.21. The number of benzene rings is 1. The molecule has 1 aromatic carbocycles. The smallest absolute Gasteiger partial charge is 0.307 e. The molecule has 0 fully saturated rings. The number of halogens is 1. The number of fused-ring (bicyclic) bond motifs is 1. The summed E-state index contributed by atoms with van der Waals surface area (Å²) in [6, 6.07) is 6.03. The van der Waals surface area contributed by atoms with Crippen LogP contribution in [0.1, 0.15) is 24.7 Å². The first-order valence-electron chi connectivity index (χ1n) is 6.83. The van der Waals surface area contributed by atoms with Crippen LogP contribution in [0.2, 0.25) is 0 Å². The molecule has 20 heavy (non-hydrogen) atoms. The highest BCUT2D eigenvalue weighted by Gasteiger charge is 2.13. The van der Waals surface area contributed by atoms with Crippen LogP contribution in [0.4, 0.5) is 0 Å². The van der Waals surface area contributed by atoms with Crippen LogP contribution in [0.25, 0.3) is 11.0 Å². The topological polar surface area (TPSA) is 44.1 Å². The van der Waals surface area contributed by atoms with E-state index in [1.807, 2.05) is 19.1 Å². The number of alkyl halides is 1. The molecule has 2 aromatic rings. The number of ether oxygens (including phenoxy) is 1. The summed E-state index contributed by atoms with van der Waals surface area (Å²) in [6.07, 6.45) is 1.04. The van der Waals surface area contributed by atoms with E-state index in [1.165, 1.54) is 0 Å². The highest BCUT2D eigenvalue weighted by molar-refractivity contribution is 6.17. The standard InChI is InChI=1S/C15H19ClN2O2/c1-3-20-14(19)8-10-18-13(7-9-16)17-12-6-4-5-11(2)15(12)18/h4-6H,3,7-10H2,1-2H3. The summed E-state index contributed by atoms with van der Waals surface area (Å²) in [4.78, 5) is 16.2. The lowest BCUT2D eigenvalue weighted by atomic mass is 10.2. The van der Waals surface area contributed by atoms with Crippen molar-refractivity contribution < 1.29 is 9.53 Å². The molecule has 1 aromatic heterocycles. The van der Waals surface area contributed by atoms with Gasteiger partial charge in [-0.05, 0) is 25.5 Å². The first-order valence-corrected chi connectivity index (χ1v) is 7.37. The van der Waals surface area contributed by atoms with Crippen molar-refractivity contribution in [3.05, 3.63) is 29.6 Å². The van der Waals surface area contributed by atoms with Crippen LogP contribution in [-0.2, 0) is 22.5 Å². The number of aromatic nitrogens is 2. The Labute approximate surface area is 123 Å². The highest BCUT2D eigenvalue weighted by atomic mass is 35.5. The molecule has 1 heterocycles. The number of para-hydroxylation sites is 1. The molecule has 0 atom stereocenters. The van der Waals surface area contributed by atoms with Gasteiger partial charge in [0.25, 0.3) is 0 Å². The average molecular weight is 295 g/mol. The number of esters is 1. The Morgan fingerprint density at radius 2 is 2.25 bits per heavy atom. The van der Waals surface area contributed by atoms with Crippen molar-refractivity contribution in [1.29, 1.82) is 0 Å². The van der Waals surface area contributed by atoms with Crippen molar-refractivity contribution in [1.82, 2.24) is 9.55 Å². The SMILES string of the molecule is CCOC(=O)CCn1c(CCCl)nc2cccc(C)c21. The Morgan fingerprint density at radius 3 is 2.95 bits per heavy atom. The summed E-state index contributed by atoms with van der Waals surface area (Å²) in [5.74, 6) is 1.26. The van der Waals surface area contributed by atoms with Crippen LogP contribution in [0.15, 0.2) is 18.2 Å². The van der Waals surface area contributed by atoms with Crippen molar-refractivity contribution >= 4 is 28.6 Å². The molecular formula is C15H19ClN2O2. The molecular weight excluding hydrogens is 276 g/mol. The van der Waals surface area contributed by atoms with E-state index in [2.05, 4.69) is 22.5 Å². The normalized spacial score (nSPS) is 10.9. The maximum atomic E-state index is 11.5. The molecule has 0 aliphatic carbocycles. The molecule has 0 amide bonds. The Balaban J connectivity index is 2.33. The fraction of sp³-hybridized carbons (Fsp3) is 0.467. The molecule has 5 heteroatoms. The first-order chi connectivity index (χ1) is 9.67. The second kappa shape index (κ2) is 6.75. The number of rotatable bonds is 6. The second-order valence-corrected chi connectivity index (χ2v) is 4.99. The van der Waals surface area contributed by atoms with Crippen LogP contribution in [-0.4, -0.2) is 28.0 Å². The third kappa shape index (κ3) is 3.12. The number of hydrogen-bond acceptors (Lipinski definition) is 3. The lowest BCUT2D eigenvalue weighted by Crippen LogP contribution is -2.11.